The van der Waals surface area contributed by atoms with E-state index in [2.05, 4.69) is 45.7 Å². The zero-order chi connectivity index (χ0) is 26.1. The largest absolute Gasteiger partial charge is 0.492 e. The topological polar surface area (TPSA) is 77.2 Å². The van der Waals surface area contributed by atoms with Crippen LogP contribution in [0.15, 0.2) is 61.2 Å². The number of carbonyl (C=O) groups excluding carboxylic acids is 1. The summed E-state index contributed by atoms with van der Waals surface area (Å²) < 4.78 is 9.59. The van der Waals surface area contributed by atoms with Crippen LogP contribution in [-0.4, -0.2) is 56.6 Å². The Balaban J connectivity index is 1.38. The van der Waals surface area contributed by atoms with Crippen molar-refractivity contribution in [2.24, 2.45) is 14.1 Å². The van der Waals surface area contributed by atoms with Crippen LogP contribution in [0.4, 0.5) is 0 Å². The van der Waals surface area contributed by atoms with Crippen LogP contribution in [0.5, 0.6) is 5.75 Å². The van der Waals surface area contributed by atoms with Crippen LogP contribution < -0.4 is 10.1 Å². The Morgan fingerprint density at radius 1 is 1.00 bits per heavy atom. The number of nitrogens with one attached hydrogen (secondary N) is 1. The van der Waals surface area contributed by atoms with Gasteiger partial charge in [-0.25, -0.2) is 0 Å². The van der Waals surface area contributed by atoms with Gasteiger partial charge in [-0.05, 0) is 86.4 Å². The summed E-state index contributed by atoms with van der Waals surface area (Å²) in [5, 5.41) is 11.9. The highest BCUT2D eigenvalue weighted by molar-refractivity contribution is 5.96. The summed E-state index contributed by atoms with van der Waals surface area (Å²) in [6.45, 7) is 5.70. The Bertz CT molecular complexity index is 1360. The van der Waals surface area contributed by atoms with Crippen LogP contribution in [0, 0.1) is 6.92 Å². The number of amides is 1. The van der Waals surface area contributed by atoms with Crippen molar-refractivity contribution in [2.45, 2.75) is 32.4 Å². The molecular weight excluding hydrogens is 464 g/mol. The molecule has 8 nitrogen and oxygen atoms in total. The normalized spacial score (nSPS) is 16.3. The predicted molar refractivity (Wildman–Crippen MR) is 144 cm³/mol. The van der Waals surface area contributed by atoms with Crippen molar-refractivity contribution in [3.63, 3.8) is 0 Å². The predicted octanol–water partition coefficient (Wildman–Crippen LogP) is 4.37. The molecule has 5 rings (SSSR count). The minimum absolute atomic E-state index is 0.120. The number of aromatic nitrogens is 4. The number of likely N-dealkylation sites (tertiary alicyclic amines) is 1. The second-order valence-electron chi connectivity index (χ2n) is 10.1. The summed E-state index contributed by atoms with van der Waals surface area (Å²) in [6, 6.07) is 12.3. The highest BCUT2D eigenvalue weighted by atomic mass is 16.5. The van der Waals surface area contributed by atoms with Crippen LogP contribution in [0.25, 0.3) is 22.3 Å². The van der Waals surface area contributed by atoms with Crippen LogP contribution in [0.2, 0.25) is 0 Å². The SMILES string of the molecule is Cc1ccc(OC[C@@H]2CCN2C)cc1C(=O)N[C@H](C)c1cc(-c2cnn(C)c2)cc(-c2cnn(C)c2)c1. The minimum atomic E-state index is -0.216. The van der Waals surface area contributed by atoms with Gasteiger partial charge in [0.15, 0.2) is 0 Å². The molecule has 37 heavy (non-hydrogen) atoms. The second kappa shape index (κ2) is 10.2. The van der Waals surface area contributed by atoms with E-state index in [4.69, 9.17) is 4.74 Å². The molecule has 0 spiro atoms. The molecule has 2 aromatic carbocycles. The highest BCUT2D eigenvalue weighted by Crippen LogP contribution is 2.31. The molecule has 0 saturated carbocycles. The average molecular weight is 499 g/mol. The van der Waals surface area contributed by atoms with Crippen molar-refractivity contribution in [3.8, 4) is 28.0 Å². The summed E-state index contributed by atoms with van der Waals surface area (Å²) >= 11 is 0. The smallest absolute Gasteiger partial charge is 0.252 e. The number of hydrogen-bond acceptors (Lipinski definition) is 5. The lowest BCUT2D eigenvalue weighted by Crippen LogP contribution is -2.48. The first-order valence-corrected chi connectivity index (χ1v) is 12.6. The van der Waals surface area contributed by atoms with Crippen molar-refractivity contribution >= 4 is 5.91 Å². The molecular formula is C29H34N6O2. The number of nitrogens with zero attached hydrogens (tertiary/aromatic N) is 5. The Kier molecular flexibility index (Phi) is 6.84. The monoisotopic (exact) mass is 498 g/mol. The van der Waals surface area contributed by atoms with Crippen molar-refractivity contribution < 1.29 is 9.53 Å². The molecule has 0 radical (unpaired) electrons. The maximum absolute atomic E-state index is 13.4. The van der Waals surface area contributed by atoms with Crippen molar-refractivity contribution in [2.75, 3.05) is 20.2 Å². The van der Waals surface area contributed by atoms with Gasteiger partial charge in [-0.3, -0.25) is 19.1 Å². The highest BCUT2D eigenvalue weighted by Gasteiger charge is 2.24. The third kappa shape index (κ3) is 5.44. The van der Waals surface area contributed by atoms with E-state index in [1.54, 1.807) is 9.36 Å². The Hall–Kier alpha value is -3.91. The quantitative estimate of drug-likeness (QED) is 0.390. The van der Waals surface area contributed by atoms with Gasteiger partial charge in [0.2, 0.25) is 0 Å². The molecule has 192 valence electrons. The van der Waals surface area contributed by atoms with Crippen LogP contribution in [0.1, 0.15) is 40.9 Å². The summed E-state index contributed by atoms with van der Waals surface area (Å²) in [7, 11) is 5.92. The first kappa shape index (κ1) is 24.8. The summed E-state index contributed by atoms with van der Waals surface area (Å²) in [6.07, 6.45) is 8.83. The van der Waals surface area contributed by atoms with Gasteiger partial charge in [-0.15, -0.1) is 0 Å². The molecule has 0 aliphatic carbocycles. The molecule has 4 aromatic rings. The molecule has 1 aliphatic heterocycles. The van der Waals surface area contributed by atoms with Gasteiger partial charge in [0.05, 0.1) is 18.4 Å². The number of hydrogen-bond donors (Lipinski definition) is 1. The van der Waals surface area contributed by atoms with Crippen LogP contribution in [0.3, 0.4) is 0 Å². The van der Waals surface area contributed by atoms with Crippen molar-refractivity contribution in [1.82, 2.24) is 29.8 Å². The van der Waals surface area contributed by atoms with E-state index in [1.165, 1.54) is 0 Å². The van der Waals surface area contributed by atoms with E-state index in [0.717, 1.165) is 52.1 Å². The fourth-order valence-corrected chi connectivity index (χ4v) is 4.64. The number of benzene rings is 2. The van der Waals surface area contributed by atoms with Crippen LogP contribution >= 0.6 is 0 Å². The van der Waals surface area contributed by atoms with Gasteiger partial charge >= 0.3 is 0 Å². The average Bonchev–Trinajstić information content (AvgIpc) is 3.52. The minimum Gasteiger partial charge on any atom is -0.492 e. The third-order valence-corrected chi connectivity index (χ3v) is 7.21. The molecule has 2 atom stereocenters. The Labute approximate surface area is 217 Å². The summed E-state index contributed by atoms with van der Waals surface area (Å²) in [5.41, 5.74) is 6.67. The van der Waals surface area contributed by atoms with Gasteiger partial charge in [0.25, 0.3) is 5.91 Å². The molecule has 1 N–H and O–H groups in total. The van der Waals surface area contributed by atoms with Gasteiger partial charge in [-0.1, -0.05) is 6.07 Å². The lowest BCUT2D eigenvalue weighted by molar-refractivity contribution is 0.0767. The summed E-state index contributed by atoms with van der Waals surface area (Å²) in [4.78, 5) is 15.7. The van der Waals surface area contributed by atoms with E-state index in [9.17, 15) is 4.79 Å². The molecule has 2 aromatic heterocycles. The van der Waals surface area contributed by atoms with Gasteiger partial charge < -0.3 is 10.1 Å². The summed E-state index contributed by atoms with van der Waals surface area (Å²) in [5.74, 6) is 0.604. The second-order valence-corrected chi connectivity index (χ2v) is 10.1. The zero-order valence-electron chi connectivity index (χ0n) is 22.1. The van der Waals surface area contributed by atoms with Crippen molar-refractivity contribution in [3.05, 3.63) is 77.9 Å². The van der Waals surface area contributed by atoms with Gasteiger partial charge in [0.1, 0.15) is 12.4 Å². The molecule has 0 bridgehead atoms. The van der Waals surface area contributed by atoms with Crippen LogP contribution in [-0.2, 0) is 14.1 Å². The number of rotatable bonds is 8. The van der Waals surface area contributed by atoms with E-state index in [-0.39, 0.29) is 11.9 Å². The molecule has 8 heteroatoms. The fraction of sp³-hybridized carbons (Fsp3) is 0.345. The third-order valence-electron chi connectivity index (χ3n) is 7.21. The van der Waals surface area contributed by atoms with Crippen molar-refractivity contribution in [1.29, 1.82) is 0 Å². The van der Waals surface area contributed by atoms with Gasteiger partial charge in [-0.2, -0.15) is 10.2 Å². The molecule has 1 aliphatic rings. The molecule has 1 fully saturated rings. The lowest BCUT2D eigenvalue weighted by atomic mass is 9.96. The maximum Gasteiger partial charge on any atom is 0.252 e. The van der Waals surface area contributed by atoms with E-state index in [0.29, 0.717) is 18.2 Å². The first-order valence-electron chi connectivity index (χ1n) is 12.6. The number of likely N-dealkylation sites (N-methyl/N-ethyl adjacent to an activating group) is 1. The molecule has 1 saturated heterocycles. The lowest BCUT2D eigenvalue weighted by Gasteiger charge is -2.37. The number of aryl methyl sites for hydroxylation is 3. The fourth-order valence-electron chi connectivity index (χ4n) is 4.64. The van der Waals surface area contributed by atoms with Gasteiger partial charge in [0, 0.05) is 49.2 Å². The Morgan fingerprint density at radius 2 is 1.65 bits per heavy atom. The zero-order valence-corrected chi connectivity index (χ0v) is 22.1. The number of carbonyl (C=O) groups is 1. The van der Waals surface area contributed by atoms with E-state index in [1.807, 2.05) is 70.9 Å². The molecule has 3 heterocycles. The number of ether oxygens (including phenoxy) is 1. The standard InChI is InChI=1S/C29H34N6O2/c1-19-6-7-27(37-18-26-8-9-33(26)3)13-28(19)29(36)32-20(2)21-10-22(24-14-30-34(4)16-24)12-23(11-21)25-15-31-35(5)17-25/h6-7,10-17,20,26H,8-9,18H2,1-5H3,(H,32,36)/t20-,26+/m1/s1. The Morgan fingerprint density at radius 3 is 2.16 bits per heavy atom. The molecule has 1 amide bonds. The first-order chi connectivity index (χ1) is 17.8. The van der Waals surface area contributed by atoms with E-state index < -0.39 is 0 Å². The maximum atomic E-state index is 13.4. The molecule has 0 unspecified atom stereocenters. The van der Waals surface area contributed by atoms with E-state index >= 15 is 0 Å².